The molecule has 0 fully saturated rings. The Bertz CT molecular complexity index is 2930. The average molecular weight is 780 g/mol. The molecule has 1 N–H and O–H groups in total. The van der Waals surface area contributed by atoms with Crippen molar-refractivity contribution in [3.8, 4) is 78.6 Å². The van der Waals surface area contributed by atoms with Gasteiger partial charge in [-0.25, -0.2) is 4.98 Å². The molecule has 0 saturated carbocycles. The molecule has 0 aliphatic carbocycles. The molecule has 2 heterocycles. The summed E-state index contributed by atoms with van der Waals surface area (Å²) < 4.78 is 2.30. The fourth-order valence-electron chi connectivity index (χ4n) is 8.28. The number of hydrogen-bond acceptors (Lipinski definition) is 3. The molecule has 9 rings (SSSR count). The van der Waals surface area contributed by atoms with E-state index in [0.29, 0.717) is 11.4 Å². The summed E-state index contributed by atoms with van der Waals surface area (Å²) in [5.41, 5.74) is 15.5. The first-order chi connectivity index (χ1) is 29.0. The first kappa shape index (κ1) is 38.5. The van der Waals surface area contributed by atoms with Gasteiger partial charge < -0.3 is 5.11 Å². The number of benzene rings is 7. The van der Waals surface area contributed by atoms with Gasteiger partial charge in [-0.15, -0.1) is 0 Å². The van der Waals surface area contributed by atoms with Crippen LogP contribution in [0.5, 0.6) is 5.75 Å². The van der Waals surface area contributed by atoms with Crippen LogP contribution in [0.2, 0.25) is 0 Å². The third-order valence-corrected chi connectivity index (χ3v) is 11.5. The van der Waals surface area contributed by atoms with E-state index in [2.05, 4.69) is 216 Å². The second kappa shape index (κ2) is 15.3. The number of para-hydroxylation sites is 2. The number of pyridine rings is 1. The van der Waals surface area contributed by atoms with Gasteiger partial charge >= 0.3 is 0 Å². The molecule has 0 aliphatic heterocycles. The molecular formula is C56H49N3O. The van der Waals surface area contributed by atoms with Gasteiger partial charge in [-0.2, -0.15) is 0 Å². The second-order valence-corrected chi connectivity index (χ2v) is 17.7. The molecule has 4 nitrogen and oxygen atoms in total. The molecule has 7 aromatic carbocycles. The monoisotopic (exact) mass is 779 g/mol. The molecule has 0 bridgehead atoms. The largest absolute Gasteiger partial charge is 0.507 e. The van der Waals surface area contributed by atoms with Crippen LogP contribution < -0.4 is 0 Å². The Morgan fingerprint density at radius 3 is 1.62 bits per heavy atom. The maximum atomic E-state index is 12.5. The number of rotatable bonds is 7. The number of hydrogen-bond donors (Lipinski definition) is 1. The minimum absolute atomic E-state index is 0.187. The van der Waals surface area contributed by atoms with E-state index in [-0.39, 0.29) is 16.6 Å². The molecule has 0 aliphatic rings. The topological polar surface area (TPSA) is 50.9 Å². The van der Waals surface area contributed by atoms with E-state index in [1.54, 1.807) is 0 Å². The molecule has 294 valence electrons. The lowest BCUT2D eigenvalue weighted by molar-refractivity contribution is 0.446. The Hall–Kier alpha value is -7.04. The molecule has 2 aromatic heterocycles. The van der Waals surface area contributed by atoms with Crippen LogP contribution in [0, 0.1) is 0 Å². The lowest BCUT2D eigenvalue weighted by Crippen LogP contribution is -2.17. The van der Waals surface area contributed by atoms with Crippen LogP contribution >= 0.6 is 0 Å². The number of imidazole rings is 1. The number of aromatic nitrogens is 3. The minimum Gasteiger partial charge on any atom is -0.507 e. The number of nitrogens with zero attached hydrogens (tertiary/aromatic N) is 3. The predicted octanol–water partition coefficient (Wildman–Crippen LogP) is 14.7. The summed E-state index contributed by atoms with van der Waals surface area (Å²) in [5, 5.41) is 12.5. The normalized spacial score (nSPS) is 11.9. The highest BCUT2D eigenvalue weighted by Gasteiger charge is 2.30. The molecule has 0 spiro atoms. The van der Waals surface area contributed by atoms with Crippen molar-refractivity contribution in [2.75, 3.05) is 0 Å². The van der Waals surface area contributed by atoms with Gasteiger partial charge in [-0.05, 0) is 74.5 Å². The average Bonchev–Trinajstić information content (AvgIpc) is 3.65. The molecule has 9 aromatic rings. The third kappa shape index (κ3) is 7.20. The Kier molecular flexibility index (Phi) is 9.80. The standard InChI is InChI=1S/C56H49N3O/c1-55(2,3)43-35-47(53(60)48(36-43)56(4,5)6)54-58-51-44(41-25-16-26-42(33-41)49-34-40(31-32-57-49)37-19-10-7-11-20-37)27-18-30-50(51)59(54)52-45(38-21-12-8-13-22-38)28-17-29-46(52)39-23-14-9-15-24-39/h7-36,60H,1-6H3. The van der Waals surface area contributed by atoms with Gasteiger partial charge in [0.25, 0.3) is 0 Å². The van der Waals surface area contributed by atoms with Crippen LogP contribution in [0.15, 0.2) is 182 Å². The highest BCUT2D eigenvalue weighted by atomic mass is 16.3. The van der Waals surface area contributed by atoms with E-state index in [9.17, 15) is 5.11 Å². The summed E-state index contributed by atoms with van der Waals surface area (Å²) in [6, 6.07) is 61.7. The number of fused-ring (bicyclic) bond motifs is 1. The summed E-state index contributed by atoms with van der Waals surface area (Å²) in [6.45, 7) is 13.2. The predicted molar refractivity (Wildman–Crippen MR) is 251 cm³/mol. The van der Waals surface area contributed by atoms with Crippen LogP contribution in [0.25, 0.3) is 83.9 Å². The van der Waals surface area contributed by atoms with Crippen LogP contribution in [0.3, 0.4) is 0 Å². The van der Waals surface area contributed by atoms with E-state index in [1.807, 2.05) is 12.3 Å². The lowest BCUT2D eigenvalue weighted by Gasteiger charge is -2.28. The highest BCUT2D eigenvalue weighted by molar-refractivity contribution is 5.99. The van der Waals surface area contributed by atoms with E-state index in [0.717, 1.165) is 83.6 Å². The van der Waals surface area contributed by atoms with Gasteiger partial charge in [-0.3, -0.25) is 9.55 Å². The van der Waals surface area contributed by atoms with Gasteiger partial charge in [0.15, 0.2) is 0 Å². The first-order valence-electron chi connectivity index (χ1n) is 20.7. The zero-order valence-corrected chi connectivity index (χ0v) is 35.1. The van der Waals surface area contributed by atoms with Crippen molar-refractivity contribution in [1.29, 1.82) is 0 Å². The third-order valence-electron chi connectivity index (χ3n) is 11.5. The van der Waals surface area contributed by atoms with E-state index in [4.69, 9.17) is 9.97 Å². The number of phenols is 1. The summed E-state index contributed by atoms with van der Waals surface area (Å²) in [7, 11) is 0. The highest BCUT2D eigenvalue weighted by Crippen LogP contribution is 2.47. The van der Waals surface area contributed by atoms with Crippen molar-refractivity contribution in [1.82, 2.24) is 14.5 Å². The van der Waals surface area contributed by atoms with Crippen LogP contribution in [-0.2, 0) is 10.8 Å². The summed E-state index contributed by atoms with van der Waals surface area (Å²) in [6.07, 6.45) is 1.89. The van der Waals surface area contributed by atoms with Crippen molar-refractivity contribution < 1.29 is 5.11 Å². The van der Waals surface area contributed by atoms with Crippen LogP contribution in [-0.4, -0.2) is 19.6 Å². The molecule has 60 heavy (non-hydrogen) atoms. The Morgan fingerprint density at radius 1 is 0.450 bits per heavy atom. The maximum absolute atomic E-state index is 12.5. The molecule has 0 atom stereocenters. The zero-order valence-electron chi connectivity index (χ0n) is 35.1. The smallest absolute Gasteiger partial charge is 0.149 e. The Balaban J connectivity index is 1.36. The zero-order chi connectivity index (χ0) is 41.6. The molecule has 4 heteroatoms. The van der Waals surface area contributed by atoms with E-state index >= 15 is 0 Å². The molecule has 0 amide bonds. The molecule has 0 radical (unpaired) electrons. The van der Waals surface area contributed by atoms with Gasteiger partial charge in [-0.1, -0.05) is 187 Å². The Labute approximate surface area is 353 Å². The fourth-order valence-corrected chi connectivity index (χ4v) is 8.28. The van der Waals surface area contributed by atoms with Crippen molar-refractivity contribution >= 4 is 11.0 Å². The van der Waals surface area contributed by atoms with E-state index < -0.39 is 0 Å². The SMILES string of the molecule is CC(C)(C)c1cc(-c2nc3c(-c4cccc(-c5cc(-c6ccccc6)ccn5)c4)cccc3n2-c2c(-c3ccccc3)cccc2-c2ccccc2)c(O)c(C(C)(C)C)c1. The second-order valence-electron chi connectivity index (χ2n) is 17.7. The summed E-state index contributed by atoms with van der Waals surface area (Å²) in [4.78, 5) is 10.5. The number of aromatic hydroxyl groups is 1. The van der Waals surface area contributed by atoms with Gasteiger partial charge in [0.1, 0.15) is 11.6 Å². The maximum Gasteiger partial charge on any atom is 0.149 e. The summed E-state index contributed by atoms with van der Waals surface area (Å²) >= 11 is 0. The fraction of sp³-hybridized carbons (Fsp3) is 0.143. The van der Waals surface area contributed by atoms with Gasteiger partial charge in [0.2, 0.25) is 0 Å². The molecule has 0 unspecified atom stereocenters. The van der Waals surface area contributed by atoms with Crippen LogP contribution in [0.1, 0.15) is 52.7 Å². The van der Waals surface area contributed by atoms with Gasteiger partial charge in [0.05, 0.1) is 28.0 Å². The molecule has 0 saturated heterocycles. The van der Waals surface area contributed by atoms with Crippen molar-refractivity contribution in [2.24, 2.45) is 0 Å². The minimum atomic E-state index is -0.328. The van der Waals surface area contributed by atoms with Crippen molar-refractivity contribution in [3.63, 3.8) is 0 Å². The number of phenolic OH excluding ortho intramolecular Hbond substituents is 1. The Morgan fingerprint density at radius 2 is 1.00 bits per heavy atom. The molecular weight excluding hydrogens is 731 g/mol. The van der Waals surface area contributed by atoms with Crippen molar-refractivity contribution in [3.05, 3.63) is 193 Å². The van der Waals surface area contributed by atoms with E-state index in [1.165, 1.54) is 0 Å². The van der Waals surface area contributed by atoms with Crippen molar-refractivity contribution in [2.45, 2.75) is 52.4 Å². The lowest BCUT2D eigenvalue weighted by atomic mass is 9.79. The van der Waals surface area contributed by atoms with Gasteiger partial charge in [0, 0.05) is 34.0 Å². The first-order valence-corrected chi connectivity index (χ1v) is 20.7. The summed E-state index contributed by atoms with van der Waals surface area (Å²) in [5.74, 6) is 0.930. The van der Waals surface area contributed by atoms with Crippen LogP contribution in [0.4, 0.5) is 0 Å². The quantitative estimate of drug-likeness (QED) is 0.175.